The fraction of sp³-hybridized carbons (Fsp3) is 0.647. The van der Waals surface area contributed by atoms with Crippen molar-refractivity contribution in [2.24, 2.45) is 0 Å². The van der Waals surface area contributed by atoms with E-state index in [0.717, 1.165) is 5.56 Å². The molecule has 6 atom stereocenters. The molecule has 2 saturated heterocycles. The van der Waals surface area contributed by atoms with Gasteiger partial charge >= 0.3 is 29.6 Å². The first-order chi connectivity index (χ1) is 11.7. The second kappa shape index (κ2) is 10.3. The van der Waals surface area contributed by atoms with E-state index in [9.17, 15) is 5.11 Å². The third-order valence-corrected chi connectivity index (χ3v) is 4.16. The summed E-state index contributed by atoms with van der Waals surface area (Å²) in [5.41, 5.74) is 0.905. The molecule has 2 unspecified atom stereocenters. The summed E-state index contributed by atoms with van der Waals surface area (Å²) in [5, 5.41) is 10.5. The molecule has 0 radical (unpaired) electrons. The number of aliphatic hydroxyl groups is 1. The summed E-state index contributed by atoms with van der Waals surface area (Å²) < 4.78 is 33.7. The summed E-state index contributed by atoms with van der Waals surface area (Å²) in [4.78, 5) is 0. The van der Waals surface area contributed by atoms with E-state index in [1.807, 2.05) is 37.3 Å². The van der Waals surface area contributed by atoms with Gasteiger partial charge in [-0.05, 0) is 6.92 Å². The second-order valence-corrected chi connectivity index (χ2v) is 5.69. The molecule has 0 aromatic heterocycles. The molecule has 8 heteroatoms. The van der Waals surface area contributed by atoms with Gasteiger partial charge in [-0.2, -0.15) is 0 Å². The van der Waals surface area contributed by atoms with E-state index < -0.39 is 30.9 Å². The van der Waals surface area contributed by atoms with Crippen molar-refractivity contribution in [2.45, 2.75) is 43.9 Å². The van der Waals surface area contributed by atoms with Crippen molar-refractivity contribution in [3.05, 3.63) is 35.9 Å². The summed E-state index contributed by atoms with van der Waals surface area (Å²) in [6, 6.07) is 9.63. The van der Waals surface area contributed by atoms with E-state index in [2.05, 4.69) is 0 Å². The molecule has 1 aromatic carbocycles. The number of rotatable bonds is 6. The molecule has 2 aliphatic heterocycles. The number of benzene rings is 1. The molecule has 2 heterocycles. The van der Waals surface area contributed by atoms with E-state index >= 15 is 0 Å². The predicted octanol–water partition coefficient (Wildman–Crippen LogP) is 0.563. The zero-order chi connectivity index (χ0) is 16.9. The van der Waals surface area contributed by atoms with Gasteiger partial charge in [-0.1, -0.05) is 30.3 Å². The van der Waals surface area contributed by atoms with Crippen LogP contribution in [0.25, 0.3) is 0 Å². The summed E-state index contributed by atoms with van der Waals surface area (Å²) in [5.74, 6) is 0. The van der Waals surface area contributed by atoms with Gasteiger partial charge in [0.05, 0.1) is 6.61 Å². The molecular weight excluding hydrogens is 339 g/mol. The predicted molar refractivity (Wildman–Crippen MR) is 90.2 cm³/mol. The topological polar surface area (TPSA) is 75.6 Å². The molecule has 0 aliphatic carbocycles. The van der Waals surface area contributed by atoms with Crippen molar-refractivity contribution in [2.75, 3.05) is 27.1 Å². The van der Waals surface area contributed by atoms with Crippen molar-refractivity contribution in [1.82, 2.24) is 0 Å². The second-order valence-electron chi connectivity index (χ2n) is 5.69. The Balaban J connectivity index is 0.00000225. The fourth-order valence-electron chi connectivity index (χ4n) is 2.94. The summed E-state index contributed by atoms with van der Waals surface area (Å²) in [6.07, 6.45) is -3.80. The van der Waals surface area contributed by atoms with Crippen LogP contribution in [0.4, 0.5) is 0 Å². The van der Waals surface area contributed by atoms with Gasteiger partial charge in [0.15, 0.2) is 12.6 Å². The standard InChI is InChI=1S/C17H24O7.Na.H/c1-3-20-10-22-15-13(18)17(19-2)23-12-9-21-16(24-14(12)15)11-7-5-4-6-8-11;;/h4-8,12-18H,3,9-10H2,1-2H3;;/t12-,13+,14-,15-,16?,17?;;/m1../s1. The van der Waals surface area contributed by atoms with E-state index in [1.165, 1.54) is 7.11 Å². The molecule has 136 valence electrons. The van der Waals surface area contributed by atoms with Crippen molar-refractivity contribution in [3.8, 4) is 0 Å². The molecule has 25 heavy (non-hydrogen) atoms. The Morgan fingerprint density at radius 1 is 1.20 bits per heavy atom. The van der Waals surface area contributed by atoms with Crippen LogP contribution in [0.15, 0.2) is 30.3 Å². The average Bonchev–Trinajstić information content (AvgIpc) is 2.63. The van der Waals surface area contributed by atoms with Gasteiger partial charge in [0.1, 0.15) is 31.2 Å². The average molecular weight is 364 g/mol. The monoisotopic (exact) mass is 364 g/mol. The Labute approximate surface area is 169 Å². The van der Waals surface area contributed by atoms with E-state index in [4.69, 9.17) is 28.4 Å². The number of hydrogen-bond donors (Lipinski definition) is 1. The van der Waals surface area contributed by atoms with Gasteiger partial charge < -0.3 is 33.5 Å². The van der Waals surface area contributed by atoms with Crippen LogP contribution in [0.2, 0.25) is 0 Å². The first-order valence-electron chi connectivity index (χ1n) is 8.12. The maximum atomic E-state index is 10.5. The van der Waals surface area contributed by atoms with E-state index in [1.54, 1.807) is 0 Å². The van der Waals surface area contributed by atoms with Crippen LogP contribution in [-0.4, -0.2) is 92.5 Å². The summed E-state index contributed by atoms with van der Waals surface area (Å²) >= 11 is 0. The number of aliphatic hydroxyl groups excluding tert-OH is 1. The molecule has 0 amide bonds. The summed E-state index contributed by atoms with van der Waals surface area (Å²) in [7, 11) is 1.48. The molecule has 2 fully saturated rings. The van der Waals surface area contributed by atoms with Crippen LogP contribution in [0, 0.1) is 0 Å². The van der Waals surface area contributed by atoms with Gasteiger partial charge in [0.25, 0.3) is 0 Å². The molecule has 0 saturated carbocycles. The van der Waals surface area contributed by atoms with Crippen LogP contribution in [0.1, 0.15) is 18.8 Å². The quantitative estimate of drug-likeness (QED) is 0.449. The Morgan fingerprint density at radius 3 is 2.64 bits per heavy atom. The minimum atomic E-state index is -0.980. The molecule has 2 aliphatic rings. The number of hydrogen-bond acceptors (Lipinski definition) is 7. The van der Waals surface area contributed by atoms with Gasteiger partial charge in [-0.15, -0.1) is 0 Å². The number of ether oxygens (including phenoxy) is 6. The maximum absolute atomic E-state index is 10.5. The van der Waals surface area contributed by atoms with Crippen molar-refractivity contribution in [1.29, 1.82) is 0 Å². The first-order valence-corrected chi connectivity index (χ1v) is 8.12. The van der Waals surface area contributed by atoms with Gasteiger partial charge in [-0.3, -0.25) is 0 Å². The Kier molecular flexibility index (Phi) is 8.77. The van der Waals surface area contributed by atoms with Gasteiger partial charge in [-0.25, -0.2) is 0 Å². The SMILES string of the molecule is CCOCO[C@H]1[C@@H]2OC(c3ccccc3)OC[C@H]2OC(OC)[C@H]1O.[NaH]. The van der Waals surface area contributed by atoms with Crippen LogP contribution < -0.4 is 0 Å². The van der Waals surface area contributed by atoms with Gasteiger partial charge in [0, 0.05) is 19.3 Å². The van der Waals surface area contributed by atoms with Gasteiger partial charge in [0.2, 0.25) is 0 Å². The van der Waals surface area contributed by atoms with Crippen LogP contribution >= 0.6 is 0 Å². The number of fused-ring (bicyclic) bond motifs is 1. The van der Waals surface area contributed by atoms with Crippen LogP contribution in [0.3, 0.4) is 0 Å². The Morgan fingerprint density at radius 2 is 1.96 bits per heavy atom. The zero-order valence-electron chi connectivity index (χ0n) is 13.9. The van der Waals surface area contributed by atoms with Crippen LogP contribution in [-0.2, 0) is 28.4 Å². The normalized spacial score (nSPS) is 34.8. The minimum absolute atomic E-state index is 0. The molecule has 7 nitrogen and oxygen atoms in total. The summed E-state index contributed by atoms with van der Waals surface area (Å²) in [6.45, 7) is 2.79. The van der Waals surface area contributed by atoms with Crippen molar-refractivity contribution >= 4 is 29.6 Å². The third-order valence-electron chi connectivity index (χ3n) is 4.16. The fourth-order valence-corrected chi connectivity index (χ4v) is 2.94. The van der Waals surface area contributed by atoms with Crippen molar-refractivity contribution < 1.29 is 33.5 Å². The number of methoxy groups -OCH3 is 1. The van der Waals surface area contributed by atoms with E-state index in [-0.39, 0.29) is 42.5 Å². The molecule has 0 bridgehead atoms. The molecular formula is C17H25NaO7. The molecule has 1 aromatic rings. The zero-order valence-corrected chi connectivity index (χ0v) is 13.9. The molecule has 0 spiro atoms. The van der Waals surface area contributed by atoms with E-state index in [0.29, 0.717) is 13.2 Å². The molecule has 3 rings (SSSR count). The van der Waals surface area contributed by atoms with Crippen molar-refractivity contribution in [3.63, 3.8) is 0 Å². The first kappa shape index (κ1) is 21.2. The Bertz CT molecular complexity index is 503. The Hall–Kier alpha value is -0.0600. The third kappa shape index (κ3) is 5.01. The van der Waals surface area contributed by atoms with Crippen LogP contribution in [0.5, 0.6) is 0 Å². The molecule has 1 N–H and O–H groups in total.